The molecule has 1 aliphatic heterocycles. The smallest absolute Gasteiger partial charge is 0.165 e. The summed E-state index contributed by atoms with van der Waals surface area (Å²) < 4.78 is 6.89. The van der Waals surface area contributed by atoms with Crippen molar-refractivity contribution in [1.29, 1.82) is 0 Å². The number of hydrogen-bond donors (Lipinski definition) is 2. The summed E-state index contributed by atoms with van der Waals surface area (Å²) in [7, 11) is 0. The molecule has 3 rings (SSSR count). The number of aliphatic hydroxyl groups is 2. The SMILES string of the molecule is OC[C@@]1(O)COC[C@H]1n1cnc2c(Cl)ncnc21. The van der Waals surface area contributed by atoms with Gasteiger partial charge in [0.05, 0.1) is 32.2 Å². The maximum absolute atomic E-state index is 10.3. The molecule has 2 aromatic rings. The Bertz CT molecular complexity index is 590. The van der Waals surface area contributed by atoms with Gasteiger partial charge in [0, 0.05) is 0 Å². The molecule has 2 aromatic heterocycles. The molecular formula is C10H11ClN4O3. The van der Waals surface area contributed by atoms with Gasteiger partial charge in [-0.2, -0.15) is 0 Å². The third-order valence-corrected chi connectivity index (χ3v) is 3.45. The number of aromatic nitrogens is 4. The van der Waals surface area contributed by atoms with Gasteiger partial charge < -0.3 is 19.5 Å². The molecular weight excluding hydrogens is 260 g/mol. The maximum Gasteiger partial charge on any atom is 0.165 e. The van der Waals surface area contributed by atoms with Crippen LogP contribution in [0.5, 0.6) is 0 Å². The Morgan fingerprint density at radius 2 is 2.33 bits per heavy atom. The fourth-order valence-electron chi connectivity index (χ4n) is 2.14. The minimum Gasteiger partial charge on any atom is -0.393 e. The average molecular weight is 271 g/mol. The van der Waals surface area contributed by atoms with E-state index in [1.165, 1.54) is 12.7 Å². The maximum atomic E-state index is 10.3. The van der Waals surface area contributed by atoms with Crippen molar-refractivity contribution in [2.24, 2.45) is 0 Å². The van der Waals surface area contributed by atoms with Gasteiger partial charge in [0.2, 0.25) is 0 Å². The van der Waals surface area contributed by atoms with Crippen molar-refractivity contribution in [2.75, 3.05) is 19.8 Å². The first-order chi connectivity index (χ1) is 8.65. The van der Waals surface area contributed by atoms with Gasteiger partial charge in [-0.25, -0.2) is 15.0 Å². The molecule has 0 unspecified atom stereocenters. The average Bonchev–Trinajstić information content (AvgIpc) is 2.94. The van der Waals surface area contributed by atoms with Crippen molar-refractivity contribution in [3.63, 3.8) is 0 Å². The second-order valence-electron chi connectivity index (χ2n) is 4.28. The summed E-state index contributed by atoms with van der Waals surface area (Å²) in [6.07, 6.45) is 2.85. The summed E-state index contributed by atoms with van der Waals surface area (Å²) in [5, 5.41) is 19.8. The number of rotatable bonds is 2. The molecule has 0 spiro atoms. The number of nitrogens with zero attached hydrogens (tertiary/aromatic N) is 4. The Labute approximate surface area is 107 Å². The Balaban J connectivity index is 2.12. The van der Waals surface area contributed by atoms with Crippen LogP contribution < -0.4 is 0 Å². The summed E-state index contributed by atoms with van der Waals surface area (Å²) in [5.41, 5.74) is -0.353. The first-order valence-electron chi connectivity index (χ1n) is 5.40. The van der Waals surface area contributed by atoms with E-state index in [9.17, 15) is 10.2 Å². The Kier molecular flexibility index (Phi) is 2.70. The topological polar surface area (TPSA) is 93.3 Å². The Morgan fingerprint density at radius 1 is 1.50 bits per heavy atom. The van der Waals surface area contributed by atoms with Crippen molar-refractivity contribution in [1.82, 2.24) is 19.5 Å². The molecule has 1 saturated heterocycles. The molecule has 2 atom stereocenters. The van der Waals surface area contributed by atoms with E-state index in [-0.39, 0.29) is 18.4 Å². The predicted molar refractivity (Wildman–Crippen MR) is 62.2 cm³/mol. The lowest BCUT2D eigenvalue weighted by Crippen LogP contribution is -2.42. The Morgan fingerprint density at radius 3 is 3.11 bits per heavy atom. The zero-order chi connectivity index (χ0) is 12.8. The van der Waals surface area contributed by atoms with Gasteiger partial charge in [0.25, 0.3) is 0 Å². The minimum atomic E-state index is -1.33. The lowest BCUT2D eigenvalue weighted by molar-refractivity contribution is -0.0400. The van der Waals surface area contributed by atoms with Crippen molar-refractivity contribution in [3.05, 3.63) is 17.8 Å². The number of ether oxygens (including phenoxy) is 1. The second kappa shape index (κ2) is 4.13. The van der Waals surface area contributed by atoms with Crippen LogP contribution in [0.2, 0.25) is 5.15 Å². The van der Waals surface area contributed by atoms with Crippen molar-refractivity contribution in [2.45, 2.75) is 11.6 Å². The first-order valence-corrected chi connectivity index (χ1v) is 5.77. The van der Waals surface area contributed by atoms with Gasteiger partial charge in [0.1, 0.15) is 17.4 Å². The van der Waals surface area contributed by atoms with Gasteiger partial charge >= 0.3 is 0 Å². The van der Waals surface area contributed by atoms with E-state index >= 15 is 0 Å². The molecule has 96 valence electrons. The first kappa shape index (κ1) is 11.8. The summed E-state index contributed by atoms with van der Waals surface area (Å²) in [5.74, 6) is 0. The van der Waals surface area contributed by atoms with Crippen molar-refractivity contribution in [3.8, 4) is 0 Å². The molecule has 8 heteroatoms. The standard InChI is InChI=1S/C10H11ClN4O3/c11-8-7-9(13-4-12-8)15(5-14-7)6-1-18-3-10(6,17)2-16/h4-6,16-17H,1-3H2/t6-,10-/m1/s1. The van der Waals surface area contributed by atoms with Crippen LogP contribution in [0.4, 0.5) is 0 Å². The van der Waals surface area contributed by atoms with Crippen LogP contribution >= 0.6 is 11.6 Å². The zero-order valence-corrected chi connectivity index (χ0v) is 10.1. The quantitative estimate of drug-likeness (QED) is 0.733. The van der Waals surface area contributed by atoms with Crippen LogP contribution in [-0.2, 0) is 4.74 Å². The normalized spacial score (nSPS) is 28.1. The predicted octanol–water partition coefficient (Wildman–Crippen LogP) is -0.226. The fraction of sp³-hybridized carbons (Fsp3) is 0.500. The molecule has 1 fully saturated rings. The van der Waals surface area contributed by atoms with Crippen LogP contribution in [0.25, 0.3) is 11.2 Å². The fourth-order valence-corrected chi connectivity index (χ4v) is 2.32. The van der Waals surface area contributed by atoms with Crippen LogP contribution in [0.1, 0.15) is 6.04 Å². The monoisotopic (exact) mass is 270 g/mol. The molecule has 0 amide bonds. The van der Waals surface area contributed by atoms with Crippen LogP contribution in [0.15, 0.2) is 12.7 Å². The van der Waals surface area contributed by atoms with Gasteiger partial charge in [-0.15, -0.1) is 0 Å². The minimum absolute atomic E-state index is 0.0760. The molecule has 1 aliphatic rings. The zero-order valence-electron chi connectivity index (χ0n) is 9.32. The third-order valence-electron chi connectivity index (χ3n) is 3.17. The lowest BCUT2D eigenvalue weighted by atomic mass is 9.99. The van der Waals surface area contributed by atoms with E-state index in [1.807, 2.05) is 0 Å². The molecule has 2 N–H and O–H groups in total. The Hall–Kier alpha value is -1.28. The summed E-state index contributed by atoms with van der Waals surface area (Å²) in [4.78, 5) is 12.1. The van der Waals surface area contributed by atoms with E-state index in [2.05, 4.69) is 15.0 Å². The van der Waals surface area contributed by atoms with E-state index in [0.717, 1.165) is 0 Å². The molecule has 0 bridgehead atoms. The largest absolute Gasteiger partial charge is 0.393 e. The highest BCUT2D eigenvalue weighted by Gasteiger charge is 2.44. The third kappa shape index (κ3) is 1.59. The molecule has 7 nitrogen and oxygen atoms in total. The lowest BCUT2D eigenvalue weighted by Gasteiger charge is -2.26. The molecule has 0 radical (unpaired) electrons. The highest BCUT2D eigenvalue weighted by atomic mass is 35.5. The van der Waals surface area contributed by atoms with Gasteiger partial charge in [-0.1, -0.05) is 11.6 Å². The van der Waals surface area contributed by atoms with E-state index in [1.54, 1.807) is 4.57 Å². The molecule has 18 heavy (non-hydrogen) atoms. The highest BCUT2D eigenvalue weighted by Crippen LogP contribution is 2.32. The number of halogens is 1. The van der Waals surface area contributed by atoms with Crippen LogP contribution in [-0.4, -0.2) is 55.2 Å². The number of imidazole rings is 1. The molecule has 0 saturated carbocycles. The van der Waals surface area contributed by atoms with Crippen molar-refractivity contribution >= 4 is 22.8 Å². The molecule has 0 aliphatic carbocycles. The molecule has 3 heterocycles. The van der Waals surface area contributed by atoms with Gasteiger partial charge in [-0.05, 0) is 0 Å². The number of fused-ring (bicyclic) bond motifs is 1. The van der Waals surface area contributed by atoms with Crippen molar-refractivity contribution < 1.29 is 14.9 Å². The highest BCUT2D eigenvalue weighted by molar-refractivity contribution is 6.33. The number of hydrogen-bond acceptors (Lipinski definition) is 6. The number of aliphatic hydroxyl groups excluding tert-OH is 1. The summed E-state index contributed by atoms with van der Waals surface area (Å²) in [6, 6.07) is -0.446. The summed E-state index contributed by atoms with van der Waals surface area (Å²) in [6.45, 7) is -0.0348. The van der Waals surface area contributed by atoms with E-state index < -0.39 is 18.2 Å². The van der Waals surface area contributed by atoms with Crippen LogP contribution in [0, 0.1) is 0 Å². The van der Waals surface area contributed by atoms with Gasteiger partial charge in [-0.3, -0.25) is 0 Å². The summed E-state index contributed by atoms with van der Waals surface area (Å²) >= 11 is 5.91. The van der Waals surface area contributed by atoms with Gasteiger partial charge in [0.15, 0.2) is 10.8 Å². The second-order valence-corrected chi connectivity index (χ2v) is 4.64. The van der Waals surface area contributed by atoms with Crippen LogP contribution in [0.3, 0.4) is 0 Å². The van der Waals surface area contributed by atoms with E-state index in [0.29, 0.717) is 11.2 Å². The van der Waals surface area contributed by atoms with E-state index in [4.69, 9.17) is 16.3 Å². The molecule has 0 aromatic carbocycles.